The Balaban J connectivity index is 1.41. The number of aryl methyl sites for hydroxylation is 2. The number of ether oxygens (including phenoxy) is 3. The van der Waals surface area contributed by atoms with Crippen LogP contribution in [0.2, 0.25) is 0 Å². The summed E-state index contributed by atoms with van der Waals surface area (Å²) >= 11 is 0. The van der Waals surface area contributed by atoms with E-state index in [-0.39, 0.29) is 17.8 Å². The number of hydrogen-bond donors (Lipinski definition) is 0. The van der Waals surface area contributed by atoms with Crippen molar-refractivity contribution in [3.8, 4) is 28.4 Å². The number of nitrogens with zero attached hydrogens (tertiary/aromatic N) is 2. The Morgan fingerprint density at radius 2 is 1.86 bits per heavy atom. The lowest BCUT2D eigenvalue weighted by molar-refractivity contribution is -0.151. The highest BCUT2D eigenvalue weighted by atomic mass is 16.5. The van der Waals surface area contributed by atoms with Gasteiger partial charge in [-0.1, -0.05) is 18.2 Å². The number of carbonyl (C=O) groups is 2. The molecule has 3 heterocycles. The predicted molar refractivity (Wildman–Crippen MR) is 141 cm³/mol. The summed E-state index contributed by atoms with van der Waals surface area (Å²) in [6, 6.07) is 16.4. The molecule has 0 N–H and O–H groups in total. The van der Waals surface area contributed by atoms with Crippen LogP contribution >= 0.6 is 0 Å². The molecule has 5 rings (SSSR count). The number of hydrogen-bond acceptors (Lipinski definition) is 5. The van der Waals surface area contributed by atoms with Crippen molar-refractivity contribution in [1.82, 2.24) is 9.47 Å². The van der Waals surface area contributed by atoms with E-state index in [1.807, 2.05) is 43.0 Å². The maximum absolute atomic E-state index is 13.2. The Labute approximate surface area is 217 Å². The zero-order valence-electron chi connectivity index (χ0n) is 21.8. The van der Waals surface area contributed by atoms with Crippen molar-refractivity contribution >= 4 is 11.9 Å². The summed E-state index contributed by atoms with van der Waals surface area (Å²) in [4.78, 5) is 27.1. The normalized spacial score (nSPS) is 14.9. The first-order valence-electron chi connectivity index (χ1n) is 13.0. The van der Waals surface area contributed by atoms with Crippen LogP contribution < -0.4 is 9.47 Å². The van der Waals surface area contributed by atoms with Crippen molar-refractivity contribution in [3.05, 3.63) is 65.4 Å². The molecule has 1 aromatic heterocycles. The van der Waals surface area contributed by atoms with Gasteiger partial charge < -0.3 is 23.7 Å². The molecule has 2 aromatic carbocycles. The highest BCUT2D eigenvalue weighted by Gasteiger charge is 2.29. The Hall–Kier alpha value is -3.74. The van der Waals surface area contributed by atoms with Crippen LogP contribution in [0.1, 0.15) is 43.0 Å². The highest BCUT2D eigenvalue weighted by Crippen LogP contribution is 2.42. The second-order valence-corrected chi connectivity index (χ2v) is 9.71. The smallest absolute Gasteiger partial charge is 0.309 e. The topological polar surface area (TPSA) is 70.0 Å². The lowest BCUT2D eigenvalue weighted by atomic mass is 9.96. The van der Waals surface area contributed by atoms with Gasteiger partial charge in [0.1, 0.15) is 18.1 Å². The van der Waals surface area contributed by atoms with E-state index in [2.05, 4.69) is 28.8 Å². The van der Waals surface area contributed by atoms with Gasteiger partial charge in [0.2, 0.25) is 5.91 Å². The average molecular weight is 503 g/mol. The number of rotatable bonds is 7. The first-order chi connectivity index (χ1) is 18.0. The molecular formula is C30H34N2O5. The molecule has 1 saturated heterocycles. The fourth-order valence-corrected chi connectivity index (χ4v) is 5.41. The van der Waals surface area contributed by atoms with Crippen LogP contribution in [-0.2, 0) is 27.4 Å². The number of methoxy groups -OCH3 is 1. The van der Waals surface area contributed by atoms with Gasteiger partial charge in [0.25, 0.3) is 0 Å². The summed E-state index contributed by atoms with van der Waals surface area (Å²) in [5.41, 5.74) is 6.32. The van der Waals surface area contributed by atoms with Crippen molar-refractivity contribution in [2.24, 2.45) is 5.92 Å². The van der Waals surface area contributed by atoms with Gasteiger partial charge in [0.15, 0.2) is 0 Å². The number of likely N-dealkylation sites (tertiary alicyclic amines) is 1. The van der Waals surface area contributed by atoms with Crippen molar-refractivity contribution in [2.75, 3.05) is 26.8 Å². The number of aromatic nitrogens is 1. The van der Waals surface area contributed by atoms with E-state index >= 15 is 0 Å². The third-order valence-electron chi connectivity index (χ3n) is 7.32. The molecule has 0 bridgehead atoms. The van der Waals surface area contributed by atoms with Crippen LogP contribution in [0.3, 0.4) is 0 Å². The zero-order chi connectivity index (χ0) is 25.9. The van der Waals surface area contributed by atoms with Crippen LogP contribution in [0.5, 0.6) is 11.5 Å². The second kappa shape index (κ2) is 10.7. The number of benzene rings is 2. The molecule has 0 unspecified atom stereocenters. The van der Waals surface area contributed by atoms with Crippen LogP contribution in [0.25, 0.3) is 16.9 Å². The molecule has 2 aliphatic rings. The van der Waals surface area contributed by atoms with E-state index in [1.165, 1.54) is 0 Å². The third-order valence-corrected chi connectivity index (χ3v) is 7.32. The lowest BCUT2D eigenvalue weighted by Crippen LogP contribution is -2.40. The molecule has 1 fully saturated rings. The molecule has 0 saturated carbocycles. The maximum Gasteiger partial charge on any atom is 0.309 e. The lowest BCUT2D eigenvalue weighted by Gasteiger charge is -2.31. The molecule has 0 radical (unpaired) electrons. The van der Waals surface area contributed by atoms with Gasteiger partial charge in [-0.3, -0.25) is 9.59 Å². The highest BCUT2D eigenvalue weighted by molar-refractivity contribution is 5.79. The minimum atomic E-state index is -0.146. The van der Waals surface area contributed by atoms with Gasteiger partial charge >= 0.3 is 5.97 Å². The average Bonchev–Trinajstić information content (AvgIpc) is 3.30. The predicted octanol–water partition coefficient (Wildman–Crippen LogP) is 5.09. The molecule has 37 heavy (non-hydrogen) atoms. The summed E-state index contributed by atoms with van der Waals surface area (Å²) in [6.45, 7) is 5.92. The first kappa shape index (κ1) is 24.9. The molecule has 194 valence electrons. The van der Waals surface area contributed by atoms with Gasteiger partial charge in [-0.25, -0.2) is 0 Å². The third kappa shape index (κ3) is 4.95. The quantitative estimate of drug-likeness (QED) is 0.421. The van der Waals surface area contributed by atoms with Gasteiger partial charge in [-0.2, -0.15) is 0 Å². The van der Waals surface area contributed by atoms with E-state index < -0.39 is 0 Å². The van der Waals surface area contributed by atoms with E-state index in [4.69, 9.17) is 14.2 Å². The monoisotopic (exact) mass is 502 g/mol. The minimum Gasteiger partial charge on any atom is -0.495 e. The summed E-state index contributed by atoms with van der Waals surface area (Å²) in [7, 11) is 1.69. The van der Waals surface area contributed by atoms with Crippen molar-refractivity contribution < 1.29 is 23.8 Å². The number of piperidine rings is 1. The van der Waals surface area contributed by atoms with Crippen LogP contribution in [0.15, 0.2) is 48.5 Å². The zero-order valence-corrected chi connectivity index (χ0v) is 21.8. The fraction of sp³-hybridized carbons (Fsp3) is 0.400. The SMILES string of the molecule is CCOC(=O)C1CCN(C(=O)CCc2cc3c(n2-c2ccc(C)cc2OC)-c2ccccc2OC3)CC1. The molecule has 2 aliphatic heterocycles. The maximum atomic E-state index is 13.2. The standard InChI is InChI=1S/C30H34N2O5/c1-4-36-30(34)21-13-15-31(16-14-21)28(33)12-10-23-18-22-19-37-26-8-6-5-7-24(26)29(22)32(23)25-11-9-20(2)17-27(25)35-3/h5-9,11,17-18,21H,4,10,12-16,19H2,1-3H3. The summed E-state index contributed by atoms with van der Waals surface area (Å²) < 4.78 is 19.2. The van der Waals surface area contributed by atoms with Crippen LogP contribution in [0.4, 0.5) is 0 Å². The van der Waals surface area contributed by atoms with E-state index in [9.17, 15) is 9.59 Å². The van der Waals surface area contributed by atoms with Crippen molar-refractivity contribution in [3.63, 3.8) is 0 Å². The van der Waals surface area contributed by atoms with E-state index in [0.717, 1.165) is 45.3 Å². The summed E-state index contributed by atoms with van der Waals surface area (Å²) in [6.07, 6.45) is 2.29. The largest absolute Gasteiger partial charge is 0.495 e. The molecule has 7 heteroatoms. The van der Waals surface area contributed by atoms with Gasteiger partial charge in [0, 0.05) is 36.3 Å². The summed E-state index contributed by atoms with van der Waals surface area (Å²) in [5.74, 6) is 1.50. The Bertz CT molecular complexity index is 1300. The molecule has 3 aromatic rings. The number of carbonyl (C=O) groups excluding carboxylic acids is 2. The number of amides is 1. The van der Waals surface area contributed by atoms with E-state index in [0.29, 0.717) is 52.0 Å². The van der Waals surface area contributed by atoms with Crippen molar-refractivity contribution in [2.45, 2.75) is 46.1 Å². The van der Waals surface area contributed by atoms with Gasteiger partial charge in [0.05, 0.1) is 31.0 Å². The van der Waals surface area contributed by atoms with E-state index in [1.54, 1.807) is 7.11 Å². The fourth-order valence-electron chi connectivity index (χ4n) is 5.41. The van der Waals surface area contributed by atoms with Gasteiger partial charge in [-0.15, -0.1) is 0 Å². The molecular weight excluding hydrogens is 468 g/mol. The molecule has 0 atom stereocenters. The number of fused-ring (bicyclic) bond motifs is 3. The first-order valence-corrected chi connectivity index (χ1v) is 13.0. The molecule has 0 spiro atoms. The van der Waals surface area contributed by atoms with Gasteiger partial charge in [-0.05, 0) is 69.0 Å². The Morgan fingerprint density at radius 3 is 2.62 bits per heavy atom. The Morgan fingerprint density at radius 1 is 1.08 bits per heavy atom. The second-order valence-electron chi connectivity index (χ2n) is 9.71. The molecule has 7 nitrogen and oxygen atoms in total. The minimum absolute atomic E-state index is 0.109. The number of esters is 1. The van der Waals surface area contributed by atoms with Crippen LogP contribution in [0, 0.1) is 12.8 Å². The molecule has 0 aliphatic carbocycles. The summed E-state index contributed by atoms with van der Waals surface area (Å²) in [5, 5.41) is 0. The Kier molecular flexibility index (Phi) is 7.22. The van der Waals surface area contributed by atoms with Crippen LogP contribution in [-0.4, -0.2) is 48.1 Å². The molecule has 1 amide bonds. The van der Waals surface area contributed by atoms with Crippen molar-refractivity contribution in [1.29, 1.82) is 0 Å². The number of para-hydroxylation sites is 1.